The molecule has 0 aliphatic carbocycles. The average molecular weight is 861 g/mol. The molecule has 326 valence electrons. The largest absolute Gasteiger partial charge is 0.456 e. The molecule has 0 radical (unpaired) electrons. The molecule has 0 unspecified atom stereocenters. The first-order valence-electron chi connectivity index (χ1n) is 23.2. The van der Waals surface area contributed by atoms with Crippen molar-refractivity contribution in [2.75, 3.05) is 9.80 Å². The number of nitrogens with zero attached hydrogens (tertiary/aromatic N) is 2. The lowest BCUT2D eigenvalue weighted by molar-refractivity contribution is 0.577. The van der Waals surface area contributed by atoms with E-state index in [0.717, 1.165) is 77.0 Å². The normalized spacial score (nSPS) is 12.2. The van der Waals surface area contributed by atoms with Crippen LogP contribution in [0, 0.1) is 55.4 Å². The molecule has 0 aliphatic rings. The summed E-state index contributed by atoms with van der Waals surface area (Å²) >= 11 is 0. The molecule has 66 heavy (non-hydrogen) atoms. The van der Waals surface area contributed by atoms with Crippen LogP contribution in [-0.4, -0.2) is 0 Å². The van der Waals surface area contributed by atoms with Gasteiger partial charge in [-0.1, -0.05) is 81.4 Å². The molecule has 2 heterocycles. The van der Waals surface area contributed by atoms with Gasteiger partial charge in [0.2, 0.25) is 0 Å². The van der Waals surface area contributed by atoms with Crippen LogP contribution in [0.2, 0.25) is 0 Å². The summed E-state index contributed by atoms with van der Waals surface area (Å²) in [5, 5.41) is 8.97. The van der Waals surface area contributed by atoms with Crippen LogP contribution in [-0.2, 0) is 5.41 Å². The number of furan rings is 2. The molecule has 0 fully saturated rings. The van der Waals surface area contributed by atoms with Gasteiger partial charge in [-0.3, -0.25) is 0 Å². The number of rotatable bonds is 6. The van der Waals surface area contributed by atoms with E-state index in [0.29, 0.717) is 0 Å². The molecule has 2 aromatic heterocycles. The molecule has 0 aliphatic heterocycles. The van der Waals surface area contributed by atoms with Gasteiger partial charge in [0.1, 0.15) is 22.3 Å². The van der Waals surface area contributed by atoms with E-state index >= 15 is 0 Å². The van der Waals surface area contributed by atoms with Gasteiger partial charge < -0.3 is 18.6 Å². The third-order valence-electron chi connectivity index (χ3n) is 13.8. The van der Waals surface area contributed by atoms with Crippen LogP contribution in [0.5, 0.6) is 0 Å². The molecule has 0 bridgehead atoms. The number of benzene rings is 9. The van der Waals surface area contributed by atoms with Crippen molar-refractivity contribution in [2.24, 2.45) is 0 Å². The Hall–Kier alpha value is -7.30. The van der Waals surface area contributed by atoms with Gasteiger partial charge in [0.05, 0.1) is 0 Å². The predicted octanol–water partition coefficient (Wildman–Crippen LogP) is 18.5. The third-order valence-corrected chi connectivity index (χ3v) is 13.8. The topological polar surface area (TPSA) is 32.8 Å². The van der Waals surface area contributed by atoms with Crippen LogP contribution >= 0.6 is 0 Å². The molecule has 0 spiro atoms. The van der Waals surface area contributed by atoms with Crippen LogP contribution in [0.15, 0.2) is 148 Å². The molecule has 0 N–H and O–H groups in total. The molecular formula is C62H56N2O2. The highest BCUT2D eigenvalue weighted by molar-refractivity contribution is 6.20. The van der Waals surface area contributed by atoms with Crippen molar-refractivity contribution in [2.45, 2.75) is 81.6 Å². The Morgan fingerprint density at radius 2 is 0.758 bits per heavy atom. The van der Waals surface area contributed by atoms with E-state index in [9.17, 15) is 0 Å². The van der Waals surface area contributed by atoms with Crippen molar-refractivity contribution in [3.63, 3.8) is 0 Å². The number of aryl methyl sites for hydroxylation is 8. The maximum Gasteiger partial charge on any atom is 0.140 e. The molecular weight excluding hydrogens is 805 g/mol. The molecule has 0 amide bonds. The maximum absolute atomic E-state index is 7.07. The van der Waals surface area contributed by atoms with Gasteiger partial charge >= 0.3 is 0 Å². The fourth-order valence-corrected chi connectivity index (χ4v) is 10.3. The summed E-state index contributed by atoms with van der Waals surface area (Å²) in [6.45, 7) is 24.3. The molecule has 0 saturated heterocycles. The fraction of sp³-hybridized carbons (Fsp3) is 0.194. The van der Waals surface area contributed by atoms with Gasteiger partial charge in [0, 0.05) is 61.2 Å². The van der Waals surface area contributed by atoms with Gasteiger partial charge in [-0.05, 0) is 206 Å². The van der Waals surface area contributed by atoms with Gasteiger partial charge in [-0.25, -0.2) is 0 Å². The Morgan fingerprint density at radius 1 is 0.348 bits per heavy atom. The zero-order valence-electron chi connectivity index (χ0n) is 40.0. The summed E-state index contributed by atoms with van der Waals surface area (Å²) in [7, 11) is 0. The lowest BCUT2D eigenvalue weighted by Gasteiger charge is -2.29. The van der Waals surface area contributed by atoms with E-state index in [4.69, 9.17) is 8.83 Å². The van der Waals surface area contributed by atoms with Crippen molar-refractivity contribution < 1.29 is 8.83 Å². The Kier molecular flexibility index (Phi) is 9.50. The third kappa shape index (κ3) is 6.81. The summed E-state index contributed by atoms with van der Waals surface area (Å²) in [6.07, 6.45) is 0. The van der Waals surface area contributed by atoms with Crippen molar-refractivity contribution in [3.05, 3.63) is 190 Å². The summed E-state index contributed by atoms with van der Waals surface area (Å²) in [6, 6.07) is 51.8. The van der Waals surface area contributed by atoms with Crippen LogP contribution in [0.25, 0.3) is 65.4 Å². The quantitative estimate of drug-likeness (QED) is 0.167. The monoisotopic (exact) mass is 860 g/mol. The second kappa shape index (κ2) is 15.1. The van der Waals surface area contributed by atoms with E-state index in [-0.39, 0.29) is 5.41 Å². The summed E-state index contributed by atoms with van der Waals surface area (Å²) in [5.41, 5.74) is 21.3. The van der Waals surface area contributed by atoms with Gasteiger partial charge in [-0.15, -0.1) is 0 Å². The zero-order valence-corrected chi connectivity index (χ0v) is 40.0. The molecule has 4 heteroatoms. The fourth-order valence-electron chi connectivity index (χ4n) is 10.3. The summed E-state index contributed by atoms with van der Waals surface area (Å²) in [5.74, 6) is 0. The highest BCUT2D eigenvalue weighted by Gasteiger charge is 2.28. The predicted molar refractivity (Wildman–Crippen MR) is 282 cm³/mol. The van der Waals surface area contributed by atoms with Crippen molar-refractivity contribution in [3.8, 4) is 0 Å². The minimum atomic E-state index is -0.246. The summed E-state index contributed by atoms with van der Waals surface area (Å²) in [4.78, 5) is 4.83. The van der Waals surface area contributed by atoms with E-state index in [1.54, 1.807) is 0 Å². The van der Waals surface area contributed by atoms with Crippen LogP contribution in [0.4, 0.5) is 34.1 Å². The Labute approximate surface area is 387 Å². The first-order valence-corrected chi connectivity index (χ1v) is 23.2. The average Bonchev–Trinajstić information content (AvgIpc) is 3.81. The zero-order chi connectivity index (χ0) is 45.9. The lowest BCUT2D eigenvalue weighted by Crippen LogP contribution is -2.13. The minimum absolute atomic E-state index is 0.246. The van der Waals surface area contributed by atoms with E-state index < -0.39 is 0 Å². The van der Waals surface area contributed by atoms with Crippen LogP contribution in [0.1, 0.15) is 70.8 Å². The molecule has 0 saturated carbocycles. The van der Waals surface area contributed by atoms with Crippen molar-refractivity contribution >= 4 is 99.5 Å². The standard InChI is InChI=1S/C62H56N2O2/c1-35-12-16-39(5)52(24-35)63(53-25-36(2)13-17-40(53)6)47-22-20-43-30-49-50-34-58-59(60(62(9,10)11)61(50)66-56(49)32-45(43)28-47)51-31-44-21-23-48(29-46(44)33-57(51)65-58)64(54-26-37(3)14-18-41(54)7)55-27-38(4)15-19-42(55)8/h12-34H,1-11H3. The molecule has 0 atom stereocenters. The van der Waals surface area contributed by atoms with Crippen LogP contribution in [0.3, 0.4) is 0 Å². The first-order chi connectivity index (χ1) is 31.6. The highest BCUT2D eigenvalue weighted by Crippen LogP contribution is 2.48. The summed E-state index contributed by atoms with van der Waals surface area (Å²) < 4.78 is 14.0. The lowest BCUT2D eigenvalue weighted by atomic mass is 9.82. The molecule has 11 aromatic rings. The van der Waals surface area contributed by atoms with E-state index in [1.807, 2.05) is 0 Å². The van der Waals surface area contributed by atoms with Crippen molar-refractivity contribution in [1.82, 2.24) is 0 Å². The van der Waals surface area contributed by atoms with E-state index in [2.05, 4.69) is 225 Å². The van der Waals surface area contributed by atoms with Crippen LogP contribution < -0.4 is 9.80 Å². The highest BCUT2D eigenvalue weighted by atomic mass is 16.3. The van der Waals surface area contributed by atoms with E-state index in [1.165, 1.54) is 72.6 Å². The number of hydrogen-bond donors (Lipinski definition) is 0. The Morgan fingerprint density at radius 3 is 1.18 bits per heavy atom. The second-order valence-electron chi connectivity index (χ2n) is 20.0. The molecule has 4 nitrogen and oxygen atoms in total. The minimum Gasteiger partial charge on any atom is -0.456 e. The van der Waals surface area contributed by atoms with Gasteiger partial charge in [0.25, 0.3) is 0 Å². The van der Waals surface area contributed by atoms with Gasteiger partial charge in [0.15, 0.2) is 0 Å². The Bertz CT molecular complexity index is 3570. The molecule has 11 rings (SSSR count). The molecule has 9 aromatic carbocycles. The van der Waals surface area contributed by atoms with Gasteiger partial charge in [-0.2, -0.15) is 0 Å². The SMILES string of the molecule is Cc1ccc(C)c(N(c2ccc3cc4c(cc3c2)oc2c(C(C)(C)C)c3c(cc24)oc2cc4cc(N(c5cc(C)ccc5C)c5cc(C)ccc5C)ccc4cc23)c2cc(C)ccc2C)c1. The first kappa shape index (κ1) is 41.4. The maximum atomic E-state index is 7.07. The van der Waals surface area contributed by atoms with Crippen molar-refractivity contribution in [1.29, 1.82) is 0 Å². The smallest absolute Gasteiger partial charge is 0.140 e. The number of fused-ring (bicyclic) bond motifs is 8. The Balaban J connectivity index is 1.08. The number of anilines is 6. The second-order valence-corrected chi connectivity index (χ2v) is 20.0. The number of hydrogen-bond acceptors (Lipinski definition) is 4.